The van der Waals surface area contributed by atoms with E-state index in [4.69, 9.17) is 16.7 Å². The van der Waals surface area contributed by atoms with Crippen molar-refractivity contribution in [2.24, 2.45) is 0 Å². The van der Waals surface area contributed by atoms with E-state index in [-0.39, 0.29) is 10.8 Å². The summed E-state index contributed by atoms with van der Waals surface area (Å²) >= 11 is 5.74. The van der Waals surface area contributed by atoms with Crippen LogP contribution in [0.15, 0.2) is 18.3 Å². The molecule has 66 valence electrons. The first-order chi connectivity index (χ1) is 6.18. The largest absolute Gasteiger partial charge is 0.477 e. The molecule has 0 atom stereocenters. The maximum absolute atomic E-state index is 10.6. The van der Waals surface area contributed by atoms with Crippen LogP contribution >= 0.6 is 11.6 Å². The summed E-state index contributed by atoms with van der Waals surface area (Å²) < 4.78 is 1.36. The number of aromatic carboxylic acids is 1. The number of fused-ring (bicyclic) bond motifs is 1. The Balaban J connectivity index is 2.77. The van der Waals surface area contributed by atoms with Crippen molar-refractivity contribution in [2.75, 3.05) is 0 Å². The third-order valence-electron chi connectivity index (χ3n) is 1.54. The van der Waals surface area contributed by atoms with Gasteiger partial charge in [0.2, 0.25) is 0 Å². The molecule has 0 unspecified atom stereocenters. The molecule has 0 radical (unpaired) electrons. The van der Waals surface area contributed by atoms with Gasteiger partial charge in [0.1, 0.15) is 5.15 Å². The zero-order chi connectivity index (χ0) is 9.42. The van der Waals surface area contributed by atoms with E-state index in [0.29, 0.717) is 5.65 Å². The molecule has 0 saturated heterocycles. The Hall–Kier alpha value is -1.62. The molecule has 0 saturated carbocycles. The fourth-order valence-corrected chi connectivity index (χ4v) is 1.22. The van der Waals surface area contributed by atoms with Crippen LogP contribution in [-0.4, -0.2) is 25.7 Å². The van der Waals surface area contributed by atoms with Gasteiger partial charge < -0.3 is 5.11 Å². The maximum atomic E-state index is 10.6. The molecule has 13 heavy (non-hydrogen) atoms. The molecule has 5 nitrogen and oxygen atoms in total. The van der Waals surface area contributed by atoms with E-state index in [9.17, 15) is 4.79 Å². The zero-order valence-corrected chi connectivity index (χ0v) is 7.06. The topological polar surface area (TPSA) is 67.5 Å². The van der Waals surface area contributed by atoms with Crippen molar-refractivity contribution in [1.29, 1.82) is 0 Å². The van der Waals surface area contributed by atoms with Gasteiger partial charge in [-0.05, 0) is 0 Å². The van der Waals surface area contributed by atoms with E-state index in [2.05, 4.69) is 10.1 Å². The minimum absolute atomic E-state index is 0.0852. The quantitative estimate of drug-likeness (QED) is 0.695. The fourth-order valence-electron chi connectivity index (χ4n) is 0.985. The molecular formula is C7H4ClN3O2. The number of rotatable bonds is 1. The van der Waals surface area contributed by atoms with Gasteiger partial charge in [-0.3, -0.25) is 0 Å². The average Bonchev–Trinajstić information content (AvgIpc) is 2.51. The Morgan fingerprint density at radius 2 is 2.38 bits per heavy atom. The molecule has 0 amide bonds. The lowest BCUT2D eigenvalue weighted by molar-refractivity contribution is 0.0690. The van der Waals surface area contributed by atoms with Crippen molar-refractivity contribution in [3.8, 4) is 0 Å². The van der Waals surface area contributed by atoms with Gasteiger partial charge in [-0.15, -0.1) is 0 Å². The summed E-state index contributed by atoms with van der Waals surface area (Å²) in [6.45, 7) is 0. The molecule has 0 aromatic carbocycles. The number of aromatic nitrogens is 3. The first-order valence-corrected chi connectivity index (χ1v) is 3.80. The number of hydrogen-bond donors (Lipinski definition) is 1. The first kappa shape index (κ1) is 8.00. The van der Waals surface area contributed by atoms with Gasteiger partial charge in [-0.1, -0.05) is 11.6 Å². The lowest BCUT2D eigenvalue weighted by atomic mass is 10.4. The van der Waals surface area contributed by atoms with Crippen molar-refractivity contribution >= 4 is 23.2 Å². The predicted molar refractivity (Wildman–Crippen MR) is 45.0 cm³/mol. The molecule has 6 heteroatoms. The number of carboxylic acids is 1. The highest BCUT2D eigenvalue weighted by atomic mass is 35.5. The highest BCUT2D eigenvalue weighted by Gasteiger charge is 2.09. The van der Waals surface area contributed by atoms with Crippen LogP contribution in [0.1, 0.15) is 10.5 Å². The normalized spacial score (nSPS) is 10.5. The molecule has 2 aromatic rings. The van der Waals surface area contributed by atoms with Gasteiger partial charge in [0.25, 0.3) is 0 Å². The SMILES string of the molecule is O=C(O)c1cc(Cl)n2nccc2n1. The van der Waals surface area contributed by atoms with Gasteiger partial charge in [0.05, 0.1) is 6.20 Å². The molecule has 0 aliphatic heterocycles. The van der Waals surface area contributed by atoms with Gasteiger partial charge in [0, 0.05) is 12.1 Å². The minimum atomic E-state index is -1.11. The summed E-state index contributed by atoms with van der Waals surface area (Å²) in [4.78, 5) is 14.4. The van der Waals surface area contributed by atoms with Crippen LogP contribution in [0.4, 0.5) is 0 Å². The second-order valence-corrected chi connectivity index (χ2v) is 2.76. The standard InChI is InChI=1S/C7H4ClN3O2/c8-5-3-4(7(12)13)10-6-1-2-9-11(5)6/h1-3H,(H,12,13). The highest BCUT2D eigenvalue weighted by molar-refractivity contribution is 6.30. The van der Waals surface area contributed by atoms with Crippen LogP contribution in [-0.2, 0) is 0 Å². The molecule has 0 aliphatic carbocycles. The van der Waals surface area contributed by atoms with E-state index in [1.54, 1.807) is 6.07 Å². The molecule has 0 aliphatic rings. The summed E-state index contributed by atoms with van der Waals surface area (Å²) in [5, 5.41) is 12.7. The van der Waals surface area contributed by atoms with E-state index in [0.717, 1.165) is 0 Å². The second-order valence-electron chi connectivity index (χ2n) is 2.37. The minimum Gasteiger partial charge on any atom is -0.477 e. The van der Waals surface area contributed by atoms with Crippen LogP contribution in [0, 0.1) is 0 Å². The Morgan fingerprint density at radius 1 is 1.62 bits per heavy atom. The molecule has 0 spiro atoms. The fraction of sp³-hybridized carbons (Fsp3) is 0. The van der Waals surface area contributed by atoms with E-state index < -0.39 is 5.97 Å². The first-order valence-electron chi connectivity index (χ1n) is 3.42. The summed E-state index contributed by atoms with van der Waals surface area (Å²) in [5.41, 5.74) is 0.336. The number of hydrogen-bond acceptors (Lipinski definition) is 3. The van der Waals surface area contributed by atoms with Crippen molar-refractivity contribution < 1.29 is 9.90 Å². The van der Waals surface area contributed by atoms with E-state index >= 15 is 0 Å². The molecular weight excluding hydrogens is 194 g/mol. The van der Waals surface area contributed by atoms with Crippen molar-refractivity contribution in [3.63, 3.8) is 0 Å². The van der Waals surface area contributed by atoms with Crippen LogP contribution in [0.5, 0.6) is 0 Å². The van der Waals surface area contributed by atoms with Crippen LogP contribution in [0.25, 0.3) is 5.65 Å². The molecule has 2 aromatic heterocycles. The summed E-state index contributed by atoms with van der Waals surface area (Å²) in [7, 11) is 0. The van der Waals surface area contributed by atoms with E-state index in [1.807, 2.05) is 0 Å². The predicted octanol–water partition coefficient (Wildman–Crippen LogP) is 1.08. The van der Waals surface area contributed by atoms with Gasteiger partial charge in [0.15, 0.2) is 11.3 Å². The average molecular weight is 198 g/mol. The van der Waals surface area contributed by atoms with Crippen molar-refractivity contribution in [2.45, 2.75) is 0 Å². The molecule has 1 N–H and O–H groups in total. The summed E-state index contributed by atoms with van der Waals surface area (Å²) in [6.07, 6.45) is 1.50. The molecule has 0 fully saturated rings. The molecule has 0 bridgehead atoms. The monoisotopic (exact) mass is 197 g/mol. The van der Waals surface area contributed by atoms with Crippen LogP contribution in [0.2, 0.25) is 5.15 Å². The number of halogens is 1. The smallest absolute Gasteiger partial charge is 0.354 e. The maximum Gasteiger partial charge on any atom is 0.354 e. The van der Waals surface area contributed by atoms with Crippen LogP contribution in [0.3, 0.4) is 0 Å². The molecule has 2 rings (SSSR count). The third-order valence-corrected chi connectivity index (χ3v) is 1.80. The van der Waals surface area contributed by atoms with Gasteiger partial charge in [-0.2, -0.15) is 5.10 Å². The Morgan fingerprint density at radius 3 is 3.08 bits per heavy atom. The highest BCUT2D eigenvalue weighted by Crippen LogP contribution is 2.11. The van der Waals surface area contributed by atoms with Crippen LogP contribution < -0.4 is 0 Å². The van der Waals surface area contributed by atoms with Gasteiger partial charge in [-0.25, -0.2) is 14.3 Å². The van der Waals surface area contributed by atoms with Crippen molar-refractivity contribution in [3.05, 3.63) is 29.2 Å². The Kier molecular flexibility index (Phi) is 1.66. The lowest BCUT2D eigenvalue weighted by Crippen LogP contribution is -2.03. The van der Waals surface area contributed by atoms with Gasteiger partial charge >= 0.3 is 5.97 Å². The number of carbonyl (C=O) groups is 1. The molecule has 2 heterocycles. The number of carboxylic acid groups (broad SMARTS) is 1. The Bertz CT molecular complexity index is 480. The van der Waals surface area contributed by atoms with Crippen molar-refractivity contribution in [1.82, 2.24) is 14.6 Å². The lowest BCUT2D eigenvalue weighted by Gasteiger charge is -1.97. The second kappa shape index (κ2) is 2.70. The summed E-state index contributed by atoms with van der Waals surface area (Å²) in [6, 6.07) is 2.84. The third kappa shape index (κ3) is 1.23. The Labute approximate surface area is 77.6 Å². The summed E-state index contributed by atoms with van der Waals surface area (Å²) in [5.74, 6) is -1.11. The number of nitrogens with zero attached hydrogens (tertiary/aromatic N) is 3. The van der Waals surface area contributed by atoms with E-state index in [1.165, 1.54) is 16.8 Å². The zero-order valence-electron chi connectivity index (χ0n) is 6.31.